The first-order valence-electron chi connectivity index (χ1n) is 9.69. The van der Waals surface area contributed by atoms with Crippen LogP contribution in [0.15, 0.2) is 29.2 Å². The Labute approximate surface area is 164 Å². The minimum atomic E-state index is -0.330. The third kappa shape index (κ3) is 5.58. The van der Waals surface area contributed by atoms with Crippen molar-refractivity contribution in [2.75, 3.05) is 18.9 Å². The number of hydrogen-bond donors (Lipinski definition) is 1. The fraction of sp³-hybridized carbons (Fsp3) is 0.571. The molecule has 1 aromatic rings. The van der Waals surface area contributed by atoms with Crippen molar-refractivity contribution in [2.24, 2.45) is 17.8 Å². The van der Waals surface area contributed by atoms with Crippen molar-refractivity contribution in [3.63, 3.8) is 0 Å². The first-order valence-corrected chi connectivity index (χ1v) is 10.7. The zero-order valence-electron chi connectivity index (χ0n) is 15.7. The molecule has 2 bridgehead atoms. The second-order valence-electron chi connectivity index (χ2n) is 7.51. The Balaban J connectivity index is 1.32. The molecule has 0 unspecified atom stereocenters. The van der Waals surface area contributed by atoms with Crippen LogP contribution in [0.3, 0.4) is 0 Å². The highest BCUT2D eigenvalue weighted by atomic mass is 32.2. The molecule has 146 valence electrons. The molecule has 27 heavy (non-hydrogen) atoms. The molecule has 6 heteroatoms. The van der Waals surface area contributed by atoms with Gasteiger partial charge in [0.15, 0.2) is 6.61 Å². The van der Waals surface area contributed by atoms with Crippen molar-refractivity contribution in [3.05, 3.63) is 29.8 Å². The van der Waals surface area contributed by atoms with E-state index in [4.69, 9.17) is 4.74 Å². The van der Waals surface area contributed by atoms with Crippen molar-refractivity contribution >= 4 is 29.4 Å². The topological polar surface area (TPSA) is 72.5 Å². The fourth-order valence-electron chi connectivity index (χ4n) is 3.97. The summed E-state index contributed by atoms with van der Waals surface area (Å²) >= 11 is 1.67. The molecule has 2 fully saturated rings. The molecule has 1 N–H and O–H groups in total. The Morgan fingerprint density at radius 2 is 1.81 bits per heavy atom. The molecule has 0 aliphatic heterocycles. The van der Waals surface area contributed by atoms with Crippen LogP contribution in [-0.4, -0.2) is 36.6 Å². The van der Waals surface area contributed by atoms with Gasteiger partial charge in [0.05, 0.1) is 5.92 Å². The van der Waals surface area contributed by atoms with E-state index in [1.807, 2.05) is 6.92 Å². The zero-order chi connectivity index (χ0) is 19.2. The van der Waals surface area contributed by atoms with E-state index in [1.54, 1.807) is 11.8 Å². The molecular weight excluding hydrogens is 362 g/mol. The van der Waals surface area contributed by atoms with Crippen LogP contribution in [-0.2, 0) is 19.1 Å². The van der Waals surface area contributed by atoms with Crippen LogP contribution in [0.4, 0.5) is 0 Å². The Hall–Kier alpha value is -1.82. The molecule has 0 aromatic heterocycles. The lowest BCUT2D eigenvalue weighted by Crippen LogP contribution is -2.40. The lowest BCUT2D eigenvalue weighted by Gasteiger charge is -2.36. The highest BCUT2D eigenvalue weighted by Gasteiger charge is 2.41. The van der Waals surface area contributed by atoms with Crippen LogP contribution in [0.2, 0.25) is 0 Å². The summed E-state index contributed by atoms with van der Waals surface area (Å²) in [6.07, 6.45) is 4.02. The molecule has 1 aromatic carbocycles. The number of ether oxygens (including phenoxy) is 1. The van der Waals surface area contributed by atoms with Gasteiger partial charge in [-0.15, -0.1) is 11.8 Å². The number of aryl methyl sites for hydroxylation is 1. The average molecular weight is 390 g/mol. The van der Waals surface area contributed by atoms with Gasteiger partial charge in [-0.25, -0.2) is 0 Å². The number of ketones is 1. The van der Waals surface area contributed by atoms with Crippen molar-refractivity contribution in [3.8, 4) is 0 Å². The number of nitrogens with one attached hydrogen (secondary N) is 1. The predicted octanol–water partition coefficient (Wildman–Crippen LogP) is 3.14. The van der Waals surface area contributed by atoms with E-state index in [1.165, 1.54) is 10.5 Å². The van der Waals surface area contributed by atoms with E-state index in [0.29, 0.717) is 25.2 Å². The van der Waals surface area contributed by atoms with Gasteiger partial charge in [0.2, 0.25) is 0 Å². The number of thioether (sulfide) groups is 1. The first-order chi connectivity index (χ1) is 13.0. The average Bonchev–Trinajstić information content (AvgIpc) is 2.64. The summed E-state index contributed by atoms with van der Waals surface area (Å²) in [5, 5.41) is 2.78. The van der Waals surface area contributed by atoms with Crippen LogP contribution in [0.5, 0.6) is 0 Å². The van der Waals surface area contributed by atoms with E-state index in [2.05, 4.69) is 29.6 Å². The molecule has 0 radical (unpaired) electrons. The monoisotopic (exact) mass is 389 g/mol. The largest absolute Gasteiger partial charge is 0.455 e. The normalized spacial score (nSPS) is 24.3. The maximum atomic E-state index is 12.3. The van der Waals surface area contributed by atoms with Crippen LogP contribution >= 0.6 is 11.8 Å². The number of esters is 1. The number of carbonyl (C=O) groups excluding carboxylic acids is 3. The Morgan fingerprint density at radius 3 is 2.48 bits per heavy atom. The summed E-state index contributed by atoms with van der Waals surface area (Å²) in [5.41, 5.74) is 1.22. The lowest BCUT2D eigenvalue weighted by atomic mass is 9.67. The van der Waals surface area contributed by atoms with Gasteiger partial charge in [-0.3, -0.25) is 14.4 Å². The zero-order valence-corrected chi connectivity index (χ0v) is 16.6. The summed E-state index contributed by atoms with van der Waals surface area (Å²) in [6.45, 7) is 2.33. The van der Waals surface area contributed by atoms with E-state index >= 15 is 0 Å². The predicted molar refractivity (Wildman–Crippen MR) is 104 cm³/mol. The smallest absolute Gasteiger partial charge is 0.309 e. The number of carbonyl (C=O) groups is 3. The van der Waals surface area contributed by atoms with E-state index in [9.17, 15) is 14.4 Å². The van der Waals surface area contributed by atoms with Crippen LogP contribution < -0.4 is 5.32 Å². The second kappa shape index (κ2) is 9.40. The van der Waals surface area contributed by atoms with Gasteiger partial charge in [-0.2, -0.15) is 0 Å². The van der Waals surface area contributed by atoms with Crippen molar-refractivity contribution < 1.29 is 19.1 Å². The van der Waals surface area contributed by atoms with Gasteiger partial charge in [-0.05, 0) is 44.7 Å². The van der Waals surface area contributed by atoms with E-state index in [-0.39, 0.29) is 36.2 Å². The van der Waals surface area contributed by atoms with Gasteiger partial charge in [-0.1, -0.05) is 24.1 Å². The number of benzene rings is 1. The summed E-state index contributed by atoms with van der Waals surface area (Å²) < 4.78 is 5.20. The number of fused-ring (bicyclic) bond motifs is 2. The molecule has 0 spiro atoms. The summed E-state index contributed by atoms with van der Waals surface area (Å²) in [4.78, 5) is 37.4. The van der Waals surface area contributed by atoms with Crippen LogP contribution in [0.1, 0.15) is 37.7 Å². The SMILES string of the molecule is Cc1ccc(SCCNC(=O)COC(=O)C2C[C@H]3CCC[C@H](C2)C3=O)cc1. The van der Waals surface area contributed by atoms with Crippen LogP contribution in [0, 0.1) is 24.7 Å². The number of amides is 1. The Kier molecular flexibility index (Phi) is 6.94. The molecule has 5 nitrogen and oxygen atoms in total. The highest BCUT2D eigenvalue weighted by Crippen LogP contribution is 2.40. The van der Waals surface area contributed by atoms with Gasteiger partial charge >= 0.3 is 5.97 Å². The van der Waals surface area contributed by atoms with Crippen LogP contribution in [0.25, 0.3) is 0 Å². The van der Waals surface area contributed by atoms with E-state index in [0.717, 1.165) is 25.0 Å². The fourth-order valence-corrected chi connectivity index (χ4v) is 4.74. The molecule has 2 saturated carbocycles. The quantitative estimate of drug-likeness (QED) is 0.441. The maximum absolute atomic E-state index is 12.3. The summed E-state index contributed by atoms with van der Waals surface area (Å²) in [7, 11) is 0. The standard InChI is InChI=1S/C21H27NO4S/c1-14-5-7-18(8-6-14)27-10-9-22-19(23)13-26-21(25)17-11-15-3-2-4-16(12-17)20(15)24/h5-8,15-17H,2-4,9-13H2,1H3,(H,22,23)/t15-,16-/m1/s1. The molecule has 2 aliphatic rings. The molecule has 0 heterocycles. The Bertz CT molecular complexity index is 672. The third-order valence-corrected chi connectivity index (χ3v) is 6.45. The highest BCUT2D eigenvalue weighted by molar-refractivity contribution is 7.99. The van der Waals surface area contributed by atoms with Crippen molar-refractivity contribution in [2.45, 2.75) is 43.9 Å². The second-order valence-corrected chi connectivity index (χ2v) is 8.68. The molecular formula is C21H27NO4S. The van der Waals surface area contributed by atoms with Gasteiger partial charge in [0, 0.05) is 29.0 Å². The summed E-state index contributed by atoms with van der Waals surface area (Å²) in [6, 6.07) is 8.25. The number of Topliss-reactive ketones (excluding diaryl/α,β-unsaturated/α-hetero) is 1. The minimum absolute atomic E-state index is 0.0164. The van der Waals surface area contributed by atoms with E-state index < -0.39 is 0 Å². The number of rotatable bonds is 7. The van der Waals surface area contributed by atoms with Gasteiger partial charge in [0.25, 0.3) is 5.91 Å². The maximum Gasteiger partial charge on any atom is 0.309 e. The van der Waals surface area contributed by atoms with Gasteiger partial charge < -0.3 is 10.1 Å². The van der Waals surface area contributed by atoms with Crippen molar-refractivity contribution in [1.29, 1.82) is 0 Å². The molecule has 0 saturated heterocycles. The van der Waals surface area contributed by atoms with Crippen molar-refractivity contribution in [1.82, 2.24) is 5.32 Å². The first kappa shape index (κ1) is 19.9. The molecule has 2 aliphatic carbocycles. The lowest BCUT2D eigenvalue weighted by molar-refractivity contribution is -0.156. The molecule has 1 amide bonds. The molecule has 2 atom stereocenters. The third-order valence-electron chi connectivity index (χ3n) is 5.44. The van der Waals surface area contributed by atoms with Gasteiger partial charge in [0.1, 0.15) is 5.78 Å². The number of hydrogen-bond acceptors (Lipinski definition) is 5. The summed E-state index contributed by atoms with van der Waals surface area (Å²) in [5.74, 6) is 0.280. The Morgan fingerprint density at radius 1 is 1.15 bits per heavy atom. The minimum Gasteiger partial charge on any atom is -0.455 e. The molecule has 3 rings (SSSR count).